The molecule has 1 amide bonds. The van der Waals surface area contributed by atoms with Crippen LogP contribution in [0.15, 0.2) is 24.3 Å². The minimum absolute atomic E-state index is 0. The molecule has 0 unspecified atom stereocenters. The Morgan fingerprint density at radius 2 is 2.06 bits per heavy atom. The maximum Gasteiger partial charge on any atom is 0.251 e. The van der Waals surface area contributed by atoms with Crippen LogP contribution >= 0.6 is 12.4 Å². The van der Waals surface area contributed by atoms with Gasteiger partial charge in [0.05, 0.1) is 0 Å². The lowest BCUT2D eigenvalue weighted by Gasteiger charge is -2.23. The Labute approximate surface area is 108 Å². The highest BCUT2D eigenvalue weighted by Gasteiger charge is 2.16. The summed E-state index contributed by atoms with van der Waals surface area (Å²) < 4.78 is 0. The molecule has 2 N–H and O–H groups in total. The van der Waals surface area contributed by atoms with E-state index in [-0.39, 0.29) is 18.3 Å². The van der Waals surface area contributed by atoms with Crippen LogP contribution in [0.25, 0.3) is 0 Å². The Kier molecular flexibility index (Phi) is 5.45. The SMILES string of the molecule is CNC(=O)c1cccc(C2CCNCC2)c1.Cl. The summed E-state index contributed by atoms with van der Waals surface area (Å²) in [5.41, 5.74) is 2.06. The minimum Gasteiger partial charge on any atom is -0.355 e. The van der Waals surface area contributed by atoms with Crippen LogP contribution in [0.5, 0.6) is 0 Å². The Bertz CT molecular complexity index is 375. The molecule has 0 spiro atoms. The van der Waals surface area contributed by atoms with Gasteiger partial charge in [-0.2, -0.15) is 0 Å². The molecule has 0 aromatic heterocycles. The van der Waals surface area contributed by atoms with E-state index in [1.54, 1.807) is 7.05 Å². The number of hydrogen-bond acceptors (Lipinski definition) is 2. The topological polar surface area (TPSA) is 41.1 Å². The van der Waals surface area contributed by atoms with Crippen molar-refractivity contribution in [3.05, 3.63) is 35.4 Å². The molecule has 0 saturated carbocycles. The van der Waals surface area contributed by atoms with E-state index in [2.05, 4.69) is 16.7 Å². The van der Waals surface area contributed by atoms with Gasteiger partial charge in [0, 0.05) is 12.6 Å². The van der Waals surface area contributed by atoms with Gasteiger partial charge in [-0.15, -0.1) is 12.4 Å². The van der Waals surface area contributed by atoms with E-state index in [9.17, 15) is 4.79 Å². The third kappa shape index (κ3) is 3.45. The normalized spacial score (nSPS) is 16.1. The number of carbonyl (C=O) groups excluding carboxylic acids is 1. The van der Waals surface area contributed by atoms with Gasteiger partial charge in [0.15, 0.2) is 0 Å². The molecule has 1 aromatic rings. The minimum atomic E-state index is -0.00390. The van der Waals surface area contributed by atoms with Gasteiger partial charge in [0.1, 0.15) is 0 Å². The molecule has 0 atom stereocenters. The monoisotopic (exact) mass is 254 g/mol. The fraction of sp³-hybridized carbons (Fsp3) is 0.462. The van der Waals surface area contributed by atoms with Crippen molar-refractivity contribution in [1.29, 1.82) is 0 Å². The maximum atomic E-state index is 11.5. The third-order valence-electron chi connectivity index (χ3n) is 3.19. The summed E-state index contributed by atoms with van der Waals surface area (Å²) in [4.78, 5) is 11.5. The van der Waals surface area contributed by atoms with Crippen molar-refractivity contribution in [2.45, 2.75) is 18.8 Å². The van der Waals surface area contributed by atoms with Crippen LogP contribution in [0, 0.1) is 0 Å². The number of rotatable bonds is 2. The van der Waals surface area contributed by atoms with E-state index < -0.39 is 0 Å². The van der Waals surface area contributed by atoms with E-state index in [1.807, 2.05) is 18.2 Å². The number of piperidine rings is 1. The Morgan fingerprint density at radius 1 is 1.35 bits per heavy atom. The molecular weight excluding hydrogens is 236 g/mol. The first-order valence-corrected chi connectivity index (χ1v) is 5.84. The average Bonchev–Trinajstić information content (AvgIpc) is 2.39. The van der Waals surface area contributed by atoms with E-state index in [1.165, 1.54) is 5.56 Å². The van der Waals surface area contributed by atoms with Crippen LogP contribution in [0.3, 0.4) is 0 Å². The molecule has 0 radical (unpaired) electrons. The number of amides is 1. The molecule has 1 aliphatic rings. The van der Waals surface area contributed by atoms with Crippen molar-refractivity contribution in [3.8, 4) is 0 Å². The van der Waals surface area contributed by atoms with Crippen LogP contribution in [-0.2, 0) is 0 Å². The summed E-state index contributed by atoms with van der Waals surface area (Å²) in [7, 11) is 1.67. The number of halogens is 1. The quantitative estimate of drug-likeness (QED) is 0.847. The van der Waals surface area contributed by atoms with E-state index in [4.69, 9.17) is 0 Å². The summed E-state index contributed by atoms with van der Waals surface area (Å²) in [6.45, 7) is 2.16. The van der Waals surface area contributed by atoms with E-state index >= 15 is 0 Å². The highest BCUT2D eigenvalue weighted by Crippen LogP contribution is 2.25. The van der Waals surface area contributed by atoms with Gasteiger partial charge in [0.2, 0.25) is 0 Å². The van der Waals surface area contributed by atoms with Crippen LogP contribution < -0.4 is 10.6 Å². The van der Waals surface area contributed by atoms with Crippen molar-refractivity contribution < 1.29 is 4.79 Å². The first-order valence-electron chi connectivity index (χ1n) is 5.84. The van der Waals surface area contributed by atoms with Gasteiger partial charge >= 0.3 is 0 Å². The van der Waals surface area contributed by atoms with Crippen molar-refractivity contribution in [3.63, 3.8) is 0 Å². The Hall–Kier alpha value is -1.06. The lowest BCUT2D eigenvalue weighted by Crippen LogP contribution is -2.26. The summed E-state index contributed by atoms with van der Waals surface area (Å²) in [5, 5.41) is 6.01. The second-order valence-electron chi connectivity index (χ2n) is 4.23. The van der Waals surface area contributed by atoms with Gasteiger partial charge in [0.25, 0.3) is 5.91 Å². The predicted octanol–water partition coefficient (Wildman–Crippen LogP) is 1.94. The van der Waals surface area contributed by atoms with E-state index in [0.717, 1.165) is 31.5 Å². The molecular formula is C13H19ClN2O. The molecule has 2 rings (SSSR count). The van der Waals surface area contributed by atoms with Gasteiger partial charge < -0.3 is 10.6 Å². The molecule has 17 heavy (non-hydrogen) atoms. The van der Waals surface area contributed by atoms with E-state index in [0.29, 0.717) is 5.92 Å². The molecule has 1 aromatic carbocycles. The smallest absolute Gasteiger partial charge is 0.251 e. The first kappa shape index (κ1) is 14.0. The molecule has 94 valence electrons. The van der Waals surface area contributed by atoms with Crippen molar-refractivity contribution in [2.24, 2.45) is 0 Å². The largest absolute Gasteiger partial charge is 0.355 e. The standard InChI is InChI=1S/C13H18N2O.ClH/c1-14-13(16)12-4-2-3-11(9-12)10-5-7-15-8-6-10;/h2-4,9-10,15H,5-8H2,1H3,(H,14,16);1H. The molecule has 1 saturated heterocycles. The molecule has 0 aliphatic carbocycles. The predicted molar refractivity (Wildman–Crippen MR) is 71.9 cm³/mol. The number of nitrogens with one attached hydrogen (secondary N) is 2. The molecule has 0 bridgehead atoms. The molecule has 4 heteroatoms. The van der Waals surface area contributed by atoms with Crippen LogP contribution in [0.4, 0.5) is 0 Å². The molecule has 1 heterocycles. The van der Waals surface area contributed by atoms with Gasteiger partial charge in [-0.1, -0.05) is 12.1 Å². The fourth-order valence-electron chi connectivity index (χ4n) is 2.23. The van der Waals surface area contributed by atoms with Gasteiger partial charge in [-0.05, 0) is 49.5 Å². The number of carbonyl (C=O) groups is 1. The Morgan fingerprint density at radius 3 is 2.71 bits per heavy atom. The summed E-state index contributed by atoms with van der Waals surface area (Å²) in [5.74, 6) is 0.599. The van der Waals surface area contributed by atoms with Crippen LogP contribution in [0.1, 0.15) is 34.7 Å². The van der Waals surface area contributed by atoms with Gasteiger partial charge in [-0.3, -0.25) is 4.79 Å². The first-order chi connectivity index (χ1) is 7.81. The second-order valence-corrected chi connectivity index (χ2v) is 4.23. The third-order valence-corrected chi connectivity index (χ3v) is 3.19. The zero-order valence-electron chi connectivity index (χ0n) is 10.0. The Balaban J connectivity index is 0.00000144. The lowest BCUT2D eigenvalue weighted by atomic mass is 9.89. The second kappa shape index (κ2) is 6.62. The summed E-state index contributed by atoms with van der Waals surface area (Å²) in [6.07, 6.45) is 2.33. The van der Waals surface area contributed by atoms with Crippen LogP contribution in [-0.4, -0.2) is 26.0 Å². The zero-order valence-corrected chi connectivity index (χ0v) is 10.8. The lowest BCUT2D eigenvalue weighted by molar-refractivity contribution is 0.0963. The van der Waals surface area contributed by atoms with Crippen molar-refractivity contribution >= 4 is 18.3 Å². The summed E-state index contributed by atoms with van der Waals surface area (Å²) >= 11 is 0. The molecule has 1 aliphatic heterocycles. The number of hydrogen-bond donors (Lipinski definition) is 2. The average molecular weight is 255 g/mol. The molecule has 3 nitrogen and oxygen atoms in total. The highest BCUT2D eigenvalue weighted by molar-refractivity contribution is 5.94. The van der Waals surface area contributed by atoms with Crippen LogP contribution in [0.2, 0.25) is 0 Å². The van der Waals surface area contributed by atoms with Crippen molar-refractivity contribution in [1.82, 2.24) is 10.6 Å². The summed E-state index contributed by atoms with van der Waals surface area (Å²) in [6, 6.07) is 7.99. The number of benzene rings is 1. The van der Waals surface area contributed by atoms with Crippen molar-refractivity contribution in [2.75, 3.05) is 20.1 Å². The fourth-order valence-corrected chi connectivity index (χ4v) is 2.23. The molecule has 1 fully saturated rings. The maximum absolute atomic E-state index is 11.5. The zero-order chi connectivity index (χ0) is 11.4. The highest BCUT2D eigenvalue weighted by atomic mass is 35.5. The van der Waals surface area contributed by atoms with Gasteiger partial charge in [-0.25, -0.2) is 0 Å².